The SMILES string of the molecule is O=Cc1cc(Br)cnc1NC(=O)C1CC1. The monoisotopic (exact) mass is 268 g/mol. The highest BCUT2D eigenvalue weighted by molar-refractivity contribution is 9.10. The number of hydrogen-bond donors (Lipinski definition) is 1. The number of carbonyl (C=O) groups excluding carboxylic acids is 2. The molecule has 4 nitrogen and oxygen atoms in total. The van der Waals surface area contributed by atoms with Crippen molar-refractivity contribution in [1.29, 1.82) is 0 Å². The van der Waals surface area contributed by atoms with Gasteiger partial charge in [-0.2, -0.15) is 0 Å². The summed E-state index contributed by atoms with van der Waals surface area (Å²) in [6.45, 7) is 0. The Morgan fingerprint density at radius 1 is 1.60 bits per heavy atom. The van der Waals surface area contributed by atoms with Gasteiger partial charge >= 0.3 is 0 Å². The van der Waals surface area contributed by atoms with Crippen LogP contribution >= 0.6 is 15.9 Å². The minimum atomic E-state index is -0.0482. The number of aldehydes is 1. The Bertz CT molecular complexity index is 416. The van der Waals surface area contributed by atoms with Crippen LogP contribution in [0, 0.1) is 5.92 Å². The van der Waals surface area contributed by atoms with Gasteiger partial charge in [-0.3, -0.25) is 9.59 Å². The molecule has 1 heterocycles. The van der Waals surface area contributed by atoms with Crippen LogP contribution in [0.5, 0.6) is 0 Å². The van der Waals surface area contributed by atoms with E-state index in [2.05, 4.69) is 26.2 Å². The minimum absolute atomic E-state index is 0.0482. The van der Waals surface area contributed by atoms with Crippen LogP contribution in [0.15, 0.2) is 16.7 Å². The maximum Gasteiger partial charge on any atom is 0.228 e. The van der Waals surface area contributed by atoms with Crippen LogP contribution in [0.25, 0.3) is 0 Å². The summed E-state index contributed by atoms with van der Waals surface area (Å²) in [6.07, 6.45) is 4.09. The molecular formula is C10H9BrN2O2. The molecule has 1 amide bonds. The number of anilines is 1. The lowest BCUT2D eigenvalue weighted by atomic mass is 10.2. The van der Waals surface area contributed by atoms with Gasteiger partial charge in [0.2, 0.25) is 5.91 Å². The zero-order valence-electron chi connectivity index (χ0n) is 7.87. The first-order valence-corrected chi connectivity index (χ1v) is 5.41. The van der Waals surface area contributed by atoms with Crippen LogP contribution in [-0.4, -0.2) is 17.2 Å². The summed E-state index contributed by atoms with van der Waals surface area (Å²) >= 11 is 3.21. The molecule has 78 valence electrons. The summed E-state index contributed by atoms with van der Waals surface area (Å²) in [6, 6.07) is 1.63. The van der Waals surface area contributed by atoms with Crippen molar-refractivity contribution in [1.82, 2.24) is 4.98 Å². The average molecular weight is 269 g/mol. The summed E-state index contributed by atoms with van der Waals surface area (Å²) in [5.74, 6) is 0.396. The zero-order valence-corrected chi connectivity index (χ0v) is 9.45. The van der Waals surface area contributed by atoms with Gasteiger partial charge in [0.1, 0.15) is 5.82 Å². The summed E-state index contributed by atoms with van der Waals surface area (Å²) in [5, 5.41) is 2.65. The Morgan fingerprint density at radius 3 is 2.93 bits per heavy atom. The van der Waals surface area contributed by atoms with Gasteiger partial charge in [0.15, 0.2) is 6.29 Å². The molecule has 0 radical (unpaired) electrons. The molecule has 0 spiro atoms. The van der Waals surface area contributed by atoms with E-state index in [1.807, 2.05) is 0 Å². The second-order valence-corrected chi connectivity index (χ2v) is 4.39. The lowest BCUT2D eigenvalue weighted by Gasteiger charge is -2.05. The van der Waals surface area contributed by atoms with Crippen LogP contribution in [0.2, 0.25) is 0 Å². The fourth-order valence-electron chi connectivity index (χ4n) is 1.21. The predicted octanol–water partition coefficient (Wildman–Crippen LogP) is 2.01. The van der Waals surface area contributed by atoms with Crippen molar-refractivity contribution in [2.24, 2.45) is 5.92 Å². The average Bonchev–Trinajstić information content (AvgIpc) is 3.04. The fraction of sp³-hybridized carbons (Fsp3) is 0.300. The van der Waals surface area contributed by atoms with Crippen molar-refractivity contribution in [3.63, 3.8) is 0 Å². The minimum Gasteiger partial charge on any atom is -0.310 e. The van der Waals surface area contributed by atoms with Gasteiger partial charge in [-0.25, -0.2) is 4.98 Å². The Kier molecular flexibility index (Phi) is 2.81. The Hall–Kier alpha value is -1.23. The molecule has 2 rings (SSSR count). The normalized spacial score (nSPS) is 14.7. The van der Waals surface area contributed by atoms with E-state index in [4.69, 9.17) is 0 Å². The van der Waals surface area contributed by atoms with E-state index >= 15 is 0 Å². The number of halogens is 1. The molecule has 1 N–H and O–H groups in total. The van der Waals surface area contributed by atoms with Crippen LogP contribution in [0.1, 0.15) is 23.2 Å². The first-order chi connectivity index (χ1) is 7.20. The number of pyridine rings is 1. The molecule has 0 bridgehead atoms. The van der Waals surface area contributed by atoms with Gasteiger partial charge in [0, 0.05) is 16.6 Å². The highest BCUT2D eigenvalue weighted by Crippen LogP contribution is 2.30. The topological polar surface area (TPSA) is 59.1 Å². The van der Waals surface area contributed by atoms with Crippen molar-refractivity contribution >= 4 is 33.9 Å². The van der Waals surface area contributed by atoms with Crippen molar-refractivity contribution < 1.29 is 9.59 Å². The van der Waals surface area contributed by atoms with Gasteiger partial charge in [-0.05, 0) is 34.8 Å². The highest BCUT2D eigenvalue weighted by Gasteiger charge is 2.30. The molecule has 0 saturated heterocycles. The molecule has 0 aliphatic heterocycles. The van der Waals surface area contributed by atoms with E-state index in [1.54, 1.807) is 12.3 Å². The number of nitrogens with one attached hydrogen (secondary N) is 1. The van der Waals surface area contributed by atoms with Crippen molar-refractivity contribution in [2.75, 3.05) is 5.32 Å². The number of hydrogen-bond acceptors (Lipinski definition) is 3. The number of rotatable bonds is 3. The molecule has 1 aromatic heterocycles. The van der Waals surface area contributed by atoms with Crippen LogP contribution < -0.4 is 5.32 Å². The molecule has 0 unspecified atom stereocenters. The third-order valence-corrected chi connectivity index (χ3v) is 2.63. The van der Waals surface area contributed by atoms with Crippen molar-refractivity contribution in [2.45, 2.75) is 12.8 Å². The second-order valence-electron chi connectivity index (χ2n) is 3.47. The first-order valence-electron chi connectivity index (χ1n) is 4.62. The van der Waals surface area contributed by atoms with E-state index < -0.39 is 0 Å². The predicted molar refractivity (Wildman–Crippen MR) is 58.7 cm³/mol. The summed E-state index contributed by atoms with van der Waals surface area (Å²) in [4.78, 5) is 26.2. The third kappa shape index (κ3) is 2.41. The van der Waals surface area contributed by atoms with Gasteiger partial charge in [0.05, 0.1) is 5.56 Å². The number of amides is 1. The lowest BCUT2D eigenvalue weighted by molar-refractivity contribution is -0.117. The number of aromatic nitrogens is 1. The molecular weight excluding hydrogens is 260 g/mol. The number of carbonyl (C=O) groups is 2. The van der Waals surface area contributed by atoms with Gasteiger partial charge < -0.3 is 5.32 Å². The third-order valence-electron chi connectivity index (χ3n) is 2.20. The summed E-state index contributed by atoms with van der Waals surface area (Å²) in [7, 11) is 0. The van der Waals surface area contributed by atoms with E-state index in [0.29, 0.717) is 22.1 Å². The number of nitrogens with zero attached hydrogens (tertiary/aromatic N) is 1. The highest BCUT2D eigenvalue weighted by atomic mass is 79.9. The smallest absolute Gasteiger partial charge is 0.228 e. The molecule has 0 atom stereocenters. The maximum atomic E-state index is 11.4. The van der Waals surface area contributed by atoms with E-state index in [1.165, 1.54) is 0 Å². The van der Waals surface area contributed by atoms with E-state index in [-0.39, 0.29) is 11.8 Å². The fourth-order valence-corrected chi connectivity index (χ4v) is 1.56. The molecule has 1 fully saturated rings. The van der Waals surface area contributed by atoms with E-state index in [0.717, 1.165) is 12.8 Å². The Labute approximate surface area is 95.2 Å². The molecule has 1 aliphatic carbocycles. The quantitative estimate of drug-likeness (QED) is 0.854. The molecule has 1 saturated carbocycles. The summed E-state index contributed by atoms with van der Waals surface area (Å²) < 4.78 is 0.717. The molecule has 0 aromatic carbocycles. The van der Waals surface area contributed by atoms with Crippen molar-refractivity contribution in [3.8, 4) is 0 Å². The van der Waals surface area contributed by atoms with Crippen LogP contribution in [0.4, 0.5) is 5.82 Å². The lowest BCUT2D eigenvalue weighted by Crippen LogP contribution is -2.15. The van der Waals surface area contributed by atoms with Gasteiger partial charge in [-0.15, -0.1) is 0 Å². The molecule has 1 aromatic rings. The van der Waals surface area contributed by atoms with Crippen LogP contribution in [-0.2, 0) is 4.79 Å². The molecule has 15 heavy (non-hydrogen) atoms. The van der Waals surface area contributed by atoms with Gasteiger partial charge in [0.25, 0.3) is 0 Å². The second kappa shape index (κ2) is 4.10. The Morgan fingerprint density at radius 2 is 2.33 bits per heavy atom. The standard InChI is InChI=1S/C10H9BrN2O2/c11-8-3-7(5-14)9(12-4-8)13-10(15)6-1-2-6/h3-6H,1-2H2,(H,12,13,15). The molecule has 5 heteroatoms. The summed E-state index contributed by atoms with van der Waals surface area (Å²) in [5.41, 5.74) is 0.387. The Balaban J connectivity index is 2.19. The molecule has 1 aliphatic rings. The largest absolute Gasteiger partial charge is 0.310 e. The zero-order chi connectivity index (χ0) is 10.8. The first kappa shape index (κ1) is 10.3. The van der Waals surface area contributed by atoms with E-state index in [9.17, 15) is 9.59 Å². The van der Waals surface area contributed by atoms with Gasteiger partial charge in [-0.1, -0.05) is 0 Å². The van der Waals surface area contributed by atoms with Crippen LogP contribution in [0.3, 0.4) is 0 Å². The van der Waals surface area contributed by atoms with Crippen molar-refractivity contribution in [3.05, 3.63) is 22.3 Å². The maximum absolute atomic E-state index is 11.4.